The minimum atomic E-state index is -0.0907. The van der Waals surface area contributed by atoms with E-state index in [1.54, 1.807) is 18.6 Å². The lowest BCUT2D eigenvalue weighted by Gasteiger charge is -2.28. The van der Waals surface area contributed by atoms with Gasteiger partial charge in [0, 0.05) is 42.0 Å². The summed E-state index contributed by atoms with van der Waals surface area (Å²) in [4.78, 5) is 31.9. The summed E-state index contributed by atoms with van der Waals surface area (Å²) >= 11 is 0. The standard InChI is InChI=1S/C29H32N8O/c1-29(2,3)12-27(38)33-19-9-18(13-30-14-19)22-11-21-25(16-32-22)35-36-28(21)23-10-20-24(34-23)15-31-17-26(20)37-7-5-4-6-8-37/h9-11,13-17,34H,4-8,12H2,1-3H3,(H,33,38)(H,35,36). The van der Waals surface area contributed by atoms with Gasteiger partial charge in [0.05, 0.1) is 58.6 Å². The predicted molar refractivity (Wildman–Crippen MR) is 151 cm³/mol. The van der Waals surface area contributed by atoms with Gasteiger partial charge in [0.15, 0.2) is 0 Å². The van der Waals surface area contributed by atoms with Crippen LogP contribution in [0.3, 0.4) is 0 Å². The molecule has 1 aliphatic rings. The Morgan fingerprint density at radius 2 is 1.76 bits per heavy atom. The molecule has 0 aromatic carbocycles. The van der Waals surface area contributed by atoms with Crippen molar-refractivity contribution in [1.29, 1.82) is 0 Å². The summed E-state index contributed by atoms with van der Waals surface area (Å²) in [6, 6.07) is 6.09. The third-order valence-corrected chi connectivity index (χ3v) is 6.93. The van der Waals surface area contributed by atoms with Gasteiger partial charge in [-0.05, 0) is 42.9 Å². The molecule has 0 aliphatic carbocycles. The van der Waals surface area contributed by atoms with Crippen LogP contribution in [-0.2, 0) is 4.79 Å². The number of aromatic nitrogens is 6. The van der Waals surface area contributed by atoms with E-state index in [0.717, 1.165) is 57.5 Å². The van der Waals surface area contributed by atoms with Gasteiger partial charge in [-0.25, -0.2) is 0 Å². The first kappa shape index (κ1) is 24.1. The number of hydrogen-bond donors (Lipinski definition) is 3. The van der Waals surface area contributed by atoms with Gasteiger partial charge in [-0.3, -0.25) is 24.8 Å². The normalized spacial score (nSPS) is 14.3. The van der Waals surface area contributed by atoms with Crippen molar-refractivity contribution in [3.8, 4) is 22.6 Å². The number of rotatable bonds is 5. The molecule has 9 nitrogen and oxygen atoms in total. The molecule has 1 saturated heterocycles. The third-order valence-electron chi connectivity index (χ3n) is 6.93. The molecule has 9 heteroatoms. The van der Waals surface area contributed by atoms with E-state index in [-0.39, 0.29) is 11.3 Å². The van der Waals surface area contributed by atoms with E-state index < -0.39 is 0 Å². The summed E-state index contributed by atoms with van der Waals surface area (Å²) in [7, 11) is 0. The molecule has 0 unspecified atom stereocenters. The zero-order chi connectivity index (χ0) is 26.3. The van der Waals surface area contributed by atoms with E-state index in [2.05, 4.69) is 46.4 Å². The van der Waals surface area contributed by atoms with Gasteiger partial charge in [0.25, 0.3) is 0 Å². The number of amides is 1. The Labute approximate surface area is 221 Å². The van der Waals surface area contributed by atoms with Crippen molar-refractivity contribution < 1.29 is 4.79 Å². The van der Waals surface area contributed by atoms with Crippen LogP contribution in [-0.4, -0.2) is 49.1 Å². The van der Waals surface area contributed by atoms with E-state index in [0.29, 0.717) is 12.1 Å². The van der Waals surface area contributed by atoms with Crippen LogP contribution in [0.4, 0.5) is 11.4 Å². The lowest BCUT2D eigenvalue weighted by molar-refractivity contribution is -0.117. The van der Waals surface area contributed by atoms with Crippen LogP contribution in [0.15, 0.2) is 49.2 Å². The molecule has 0 saturated carbocycles. The minimum absolute atomic E-state index is 0.0331. The fourth-order valence-corrected chi connectivity index (χ4v) is 5.17. The summed E-state index contributed by atoms with van der Waals surface area (Å²) in [6.45, 7) is 8.25. The van der Waals surface area contributed by atoms with E-state index in [1.807, 2.05) is 45.3 Å². The molecule has 0 bridgehead atoms. The summed E-state index contributed by atoms with van der Waals surface area (Å²) in [6.07, 6.45) is 13.2. The highest BCUT2D eigenvalue weighted by atomic mass is 16.1. The second kappa shape index (κ2) is 9.55. The van der Waals surface area contributed by atoms with Crippen molar-refractivity contribution in [2.75, 3.05) is 23.3 Å². The molecule has 0 atom stereocenters. The number of anilines is 2. The number of nitrogens with one attached hydrogen (secondary N) is 3. The fraction of sp³-hybridized carbons (Fsp3) is 0.345. The van der Waals surface area contributed by atoms with Gasteiger partial charge in [-0.2, -0.15) is 5.10 Å². The van der Waals surface area contributed by atoms with Crippen LogP contribution in [0.5, 0.6) is 0 Å². The van der Waals surface area contributed by atoms with E-state index in [4.69, 9.17) is 0 Å². The van der Waals surface area contributed by atoms with Crippen LogP contribution in [0.1, 0.15) is 46.5 Å². The average Bonchev–Trinajstić information content (AvgIpc) is 3.51. The van der Waals surface area contributed by atoms with Crippen LogP contribution >= 0.6 is 0 Å². The summed E-state index contributed by atoms with van der Waals surface area (Å²) < 4.78 is 0. The first-order valence-electron chi connectivity index (χ1n) is 13.2. The van der Waals surface area contributed by atoms with Crippen molar-refractivity contribution >= 4 is 39.1 Å². The lowest BCUT2D eigenvalue weighted by Crippen LogP contribution is -2.29. The highest BCUT2D eigenvalue weighted by molar-refractivity contribution is 6.00. The summed E-state index contributed by atoms with van der Waals surface area (Å²) in [5.41, 5.74) is 6.90. The number of fused-ring (bicyclic) bond motifs is 2. The Bertz CT molecular complexity index is 1620. The Hall–Kier alpha value is -4.27. The second-order valence-electron chi connectivity index (χ2n) is 11.3. The molecule has 0 spiro atoms. The van der Waals surface area contributed by atoms with Crippen molar-refractivity contribution in [3.05, 3.63) is 49.2 Å². The fourth-order valence-electron chi connectivity index (χ4n) is 5.17. The maximum Gasteiger partial charge on any atom is 0.224 e. The van der Waals surface area contributed by atoms with E-state index in [9.17, 15) is 4.79 Å². The average molecular weight is 509 g/mol. The van der Waals surface area contributed by atoms with Gasteiger partial charge in [-0.1, -0.05) is 20.8 Å². The van der Waals surface area contributed by atoms with Crippen LogP contribution in [0.25, 0.3) is 44.5 Å². The highest BCUT2D eigenvalue weighted by Gasteiger charge is 2.19. The molecule has 0 radical (unpaired) electrons. The maximum absolute atomic E-state index is 12.4. The lowest BCUT2D eigenvalue weighted by atomic mass is 9.92. The summed E-state index contributed by atoms with van der Waals surface area (Å²) in [5.74, 6) is -0.0331. The molecule has 5 aromatic heterocycles. The Kier molecular flexibility index (Phi) is 6.06. The quantitative estimate of drug-likeness (QED) is 0.271. The minimum Gasteiger partial charge on any atom is -0.370 e. The predicted octanol–water partition coefficient (Wildman–Crippen LogP) is 5.93. The van der Waals surface area contributed by atoms with Crippen LogP contribution in [0, 0.1) is 5.41 Å². The maximum atomic E-state index is 12.4. The number of aromatic amines is 2. The molecule has 3 N–H and O–H groups in total. The third kappa shape index (κ3) is 4.83. The molecular weight excluding hydrogens is 476 g/mol. The van der Waals surface area contributed by atoms with Gasteiger partial charge in [-0.15, -0.1) is 0 Å². The van der Waals surface area contributed by atoms with Gasteiger partial charge in [0.2, 0.25) is 5.91 Å². The molecule has 5 aromatic rings. The van der Waals surface area contributed by atoms with Gasteiger partial charge >= 0.3 is 0 Å². The van der Waals surface area contributed by atoms with E-state index in [1.165, 1.54) is 24.9 Å². The van der Waals surface area contributed by atoms with Crippen molar-refractivity contribution in [2.45, 2.75) is 46.5 Å². The smallest absolute Gasteiger partial charge is 0.224 e. The molecule has 38 heavy (non-hydrogen) atoms. The molecule has 6 heterocycles. The number of hydrogen-bond acceptors (Lipinski definition) is 6. The van der Waals surface area contributed by atoms with Crippen molar-refractivity contribution in [3.63, 3.8) is 0 Å². The molecule has 1 fully saturated rings. The number of pyridine rings is 3. The van der Waals surface area contributed by atoms with E-state index >= 15 is 0 Å². The Morgan fingerprint density at radius 3 is 2.58 bits per heavy atom. The first-order chi connectivity index (χ1) is 18.3. The van der Waals surface area contributed by atoms with Gasteiger partial charge in [0.1, 0.15) is 5.69 Å². The SMILES string of the molecule is CC(C)(C)CC(=O)Nc1cncc(-c2cc3c(-c4cc5c(N6CCCCC6)cncc5[nH]4)n[nH]c3cn2)c1. The number of carbonyl (C=O) groups excluding carboxylic acids is 1. The highest BCUT2D eigenvalue weighted by Crippen LogP contribution is 2.34. The molecule has 194 valence electrons. The topological polar surface area (TPSA) is 115 Å². The number of carbonyl (C=O) groups is 1. The molecular formula is C29H32N8O. The van der Waals surface area contributed by atoms with Crippen LogP contribution < -0.4 is 10.2 Å². The number of H-pyrrole nitrogens is 2. The summed E-state index contributed by atoms with van der Waals surface area (Å²) in [5, 5.41) is 12.8. The molecule has 1 aliphatic heterocycles. The van der Waals surface area contributed by atoms with Crippen molar-refractivity contribution in [2.24, 2.45) is 5.41 Å². The zero-order valence-electron chi connectivity index (χ0n) is 22.0. The largest absolute Gasteiger partial charge is 0.370 e. The molecule has 1 amide bonds. The zero-order valence-corrected chi connectivity index (χ0v) is 22.0. The van der Waals surface area contributed by atoms with Crippen molar-refractivity contribution in [1.82, 2.24) is 30.1 Å². The Balaban J connectivity index is 1.33. The number of piperidine rings is 1. The van der Waals surface area contributed by atoms with Gasteiger partial charge < -0.3 is 15.2 Å². The monoisotopic (exact) mass is 508 g/mol. The Morgan fingerprint density at radius 1 is 0.947 bits per heavy atom. The molecule has 6 rings (SSSR count). The first-order valence-corrected chi connectivity index (χ1v) is 13.2. The van der Waals surface area contributed by atoms with Crippen LogP contribution in [0.2, 0.25) is 0 Å². The second-order valence-corrected chi connectivity index (χ2v) is 11.3. The number of nitrogens with zero attached hydrogens (tertiary/aromatic N) is 5.